The monoisotopic (exact) mass is 480 g/mol. The topological polar surface area (TPSA) is 105 Å². The third-order valence-corrected chi connectivity index (χ3v) is 6.90. The number of carbonyl (C=O) groups is 3. The Morgan fingerprint density at radius 2 is 1.66 bits per heavy atom. The van der Waals surface area contributed by atoms with Crippen molar-refractivity contribution in [3.63, 3.8) is 0 Å². The van der Waals surface area contributed by atoms with Gasteiger partial charge in [-0.25, -0.2) is 4.79 Å². The Balaban J connectivity index is 1.48. The molecule has 8 heteroatoms. The van der Waals surface area contributed by atoms with Gasteiger partial charge in [0.1, 0.15) is 12.1 Å². The van der Waals surface area contributed by atoms with Crippen LogP contribution < -0.4 is 5.32 Å². The Morgan fingerprint density at radius 3 is 2.17 bits per heavy atom. The second kappa shape index (κ2) is 10.5. The average Bonchev–Trinajstić information content (AvgIpc) is 3.64. The van der Waals surface area contributed by atoms with Crippen LogP contribution in [0.25, 0.3) is 11.1 Å². The highest BCUT2D eigenvalue weighted by atomic mass is 16.5. The van der Waals surface area contributed by atoms with Gasteiger partial charge in [-0.1, -0.05) is 55.5 Å². The molecule has 35 heavy (non-hydrogen) atoms. The van der Waals surface area contributed by atoms with E-state index >= 15 is 0 Å². The second-order valence-corrected chi connectivity index (χ2v) is 9.19. The van der Waals surface area contributed by atoms with Gasteiger partial charge in [0.05, 0.1) is 13.0 Å². The number of fused-ring (bicyclic) bond motifs is 3. The molecular formula is C27H32N2O6. The summed E-state index contributed by atoms with van der Waals surface area (Å²) >= 11 is 0. The number of carboxylic acids is 1. The molecule has 4 rings (SSSR count). The van der Waals surface area contributed by atoms with E-state index in [4.69, 9.17) is 14.6 Å². The molecule has 2 aromatic rings. The highest BCUT2D eigenvalue weighted by Gasteiger charge is 2.46. The van der Waals surface area contributed by atoms with Crippen molar-refractivity contribution >= 4 is 18.0 Å². The van der Waals surface area contributed by atoms with Gasteiger partial charge in [0.2, 0.25) is 0 Å². The van der Waals surface area contributed by atoms with Gasteiger partial charge in [0, 0.05) is 25.6 Å². The van der Waals surface area contributed by atoms with E-state index in [2.05, 4.69) is 17.4 Å². The van der Waals surface area contributed by atoms with E-state index in [1.807, 2.05) is 36.4 Å². The van der Waals surface area contributed by atoms with Crippen molar-refractivity contribution in [2.75, 3.05) is 26.9 Å². The van der Waals surface area contributed by atoms with Gasteiger partial charge in [0.25, 0.3) is 5.91 Å². The third-order valence-electron chi connectivity index (χ3n) is 6.90. The molecule has 2 aliphatic carbocycles. The third kappa shape index (κ3) is 5.17. The zero-order valence-corrected chi connectivity index (χ0v) is 20.2. The molecule has 0 bridgehead atoms. The van der Waals surface area contributed by atoms with Crippen LogP contribution in [0, 0.1) is 0 Å². The van der Waals surface area contributed by atoms with Gasteiger partial charge in [-0.05, 0) is 41.5 Å². The molecule has 2 aromatic carbocycles. The van der Waals surface area contributed by atoms with E-state index < -0.39 is 17.6 Å². The van der Waals surface area contributed by atoms with Crippen molar-refractivity contribution in [1.29, 1.82) is 0 Å². The summed E-state index contributed by atoms with van der Waals surface area (Å²) in [4.78, 5) is 39.3. The number of ether oxygens (including phenoxy) is 2. The predicted molar refractivity (Wildman–Crippen MR) is 130 cm³/mol. The van der Waals surface area contributed by atoms with Gasteiger partial charge in [-0.3, -0.25) is 9.59 Å². The summed E-state index contributed by atoms with van der Waals surface area (Å²) in [6.07, 6.45) is 1.07. The number of carbonyl (C=O) groups excluding carboxylic acids is 2. The largest absolute Gasteiger partial charge is 0.481 e. The highest BCUT2D eigenvalue weighted by molar-refractivity contribution is 5.91. The molecule has 1 saturated carbocycles. The molecular weight excluding hydrogens is 448 g/mol. The number of hydrogen-bond acceptors (Lipinski definition) is 5. The minimum atomic E-state index is -1.33. The summed E-state index contributed by atoms with van der Waals surface area (Å²) in [5, 5.41) is 11.9. The smallest absolute Gasteiger partial charge is 0.408 e. The summed E-state index contributed by atoms with van der Waals surface area (Å²) in [7, 11) is 1.47. The molecule has 1 unspecified atom stereocenters. The first-order chi connectivity index (χ1) is 16.9. The van der Waals surface area contributed by atoms with Crippen molar-refractivity contribution in [1.82, 2.24) is 10.2 Å². The molecule has 0 radical (unpaired) electrons. The van der Waals surface area contributed by atoms with E-state index in [1.54, 1.807) is 11.8 Å². The number of nitrogens with one attached hydrogen (secondary N) is 1. The molecule has 0 saturated heterocycles. The first kappa shape index (κ1) is 24.7. The number of benzene rings is 2. The van der Waals surface area contributed by atoms with Crippen molar-refractivity contribution in [2.24, 2.45) is 0 Å². The molecule has 0 heterocycles. The SMILES string of the molecule is CCC(COC)(NC(=O)OCC1c2ccccc2-c2ccccc21)C(=O)N(CCC(=O)O)C1CC1. The van der Waals surface area contributed by atoms with Crippen LogP contribution in [0.2, 0.25) is 0 Å². The van der Waals surface area contributed by atoms with Gasteiger partial charge in [0.15, 0.2) is 0 Å². The molecule has 2 N–H and O–H groups in total. The summed E-state index contributed by atoms with van der Waals surface area (Å²) in [5.74, 6) is -1.40. The van der Waals surface area contributed by atoms with Crippen LogP contribution in [0.15, 0.2) is 48.5 Å². The number of hydrogen-bond donors (Lipinski definition) is 2. The minimum absolute atomic E-state index is 0.00561. The summed E-state index contributed by atoms with van der Waals surface area (Å²) in [6.45, 7) is 1.98. The van der Waals surface area contributed by atoms with E-state index in [0.29, 0.717) is 0 Å². The number of nitrogens with zero attached hydrogens (tertiary/aromatic N) is 1. The predicted octanol–water partition coefficient (Wildman–Crippen LogP) is 3.79. The Kier molecular flexibility index (Phi) is 7.40. The molecule has 0 aromatic heterocycles. The average molecular weight is 481 g/mol. The number of alkyl carbamates (subject to hydrolysis) is 1. The lowest BCUT2D eigenvalue weighted by Crippen LogP contribution is -2.62. The zero-order valence-electron chi connectivity index (χ0n) is 20.2. The molecule has 1 atom stereocenters. The van der Waals surface area contributed by atoms with Crippen LogP contribution >= 0.6 is 0 Å². The van der Waals surface area contributed by atoms with Crippen molar-refractivity contribution in [3.05, 3.63) is 59.7 Å². The van der Waals surface area contributed by atoms with Crippen molar-refractivity contribution in [3.8, 4) is 11.1 Å². The first-order valence-corrected chi connectivity index (χ1v) is 12.0. The Labute approximate surface area is 205 Å². The second-order valence-electron chi connectivity index (χ2n) is 9.19. The van der Waals surface area contributed by atoms with E-state index in [1.165, 1.54) is 7.11 Å². The number of aliphatic carboxylic acids is 1. The van der Waals surface area contributed by atoms with Crippen LogP contribution in [0.1, 0.15) is 49.7 Å². The molecule has 0 spiro atoms. The fourth-order valence-corrected chi connectivity index (χ4v) is 4.90. The van der Waals surface area contributed by atoms with Crippen LogP contribution in [0.3, 0.4) is 0 Å². The number of amides is 2. The fourth-order valence-electron chi connectivity index (χ4n) is 4.90. The molecule has 1 fully saturated rings. The summed E-state index contributed by atoms with van der Waals surface area (Å²) in [5.41, 5.74) is 3.13. The van der Waals surface area contributed by atoms with Gasteiger partial charge in [-0.15, -0.1) is 0 Å². The summed E-state index contributed by atoms with van der Waals surface area (Å²) in [6, 6.07) is 16.1. The van der Waals surface area contributed by atoms with Crippen molar-refractivity contribution < 1.29 is 29.0 Å². The van der Waals surface area contributed by atoms with Crippen LogP contribution in [0.4, 0.5) is 4.79 Å². The maximum absolute atomic E-state index is 13.6. The Hall–Kier alpha value is -3.39. The maximum Gasteiger partial charge on any atom is 0.408 e. The van der Waals surface area contributed by atoms with Crippen LogP contribution in [0.5, 0.6) is 0 Å². The van der Waals surface area contributed by atoms with E-state index in [9.17, 15) is 14.4 Å². The lowest BCUT2D eigenvalue weighted by molar-refractivity contribution is -0.143. The van der Waals surface area contributed by atoms with E-state index in [0.717, 1.165) is 35.1 Å². The van der Waals surface area contributed by atoms with Gasteiger partial charge >= 0.3 is 12.1 Å². The molecule has 2 aliphatic rings. The minimum Gasteiger partial charge on any atom is -0.481 e. The molecule has 0 aliphatic heterocycles. The van der Waals surface area contributed by atoms with Gasteiger partial charge in [-0.2, -0.15) is 0 Å². The molecule has 186 valence electrons. The first-order valence-electron chi connectivity index (χ1n) is 12.0. The Bertz CT molecular complexity index is 1050. The quantitative estimate of drug-likeness (QED) is 0.507. The summed E-state index contributed by atoms with van der Waals surface area (Å²) < 4.78 is 11.0. The molecule has 8 nitrogen and oxygen atoms in total. The van der Waals surface area contributed by atoms with E-state index in [-0.39, 0.29) is 50.5 Å². The molecule has 2 amide bonds. The number of methoxy groups -OCH3 is 1. The fraction of sp³-hybridized carbons (Fsp3) is 0.444. The maximum atomic E-state index is 13.6. The van der Waals surface area contributed by atoms with Crippen LogP contribution in [-0.4, -0.2) is 66.4 Å². The van der Waals surface area contributed by atoms with Crippen molar-refractivity contribution in [2.45, 2.75) is 50.1 Å². The number of carboxylic acid groups (broad SMARTS) is 1. The standard InChI is InChI=1S/C27H32N2O6/c1-3-27(17-34-2,25(32)29(18-12-13-18)15-14-24(30)31)28-26(33)35-16-23-21-10-6-4-8-19(21)20-9-5-7-11-22(20)23/h4-11,18,23H,3,12-17H2,1-2H3,(H,28,33)(H,30,31). The highest BCUT2D eigenvalue weighted by Crippen LogP contribution is 2.44. The lowest BCUT2D eigenvalue weighted by atomic mass is 9.94. The number of rotatable bonds is 11. The lowest BCUT2D eigenvalue weighted by Gasteiger charge is -2.36. The van der Waals surface area contributed by atoms with Gasteiger partial charge < -0.3 is 24.8 Å². The zero-order chi connectivity index (χ0) is 25.0. The Morgan fingerprint density at radius 1 is 1.06 bits per heavy atom. The normalized spacial score (nSPS) is 16.1. The van der Waals surface area contributed by atoms with Crippen LogP contribution in [-0.2, 0) is 19.1 Å².